The summed E-state index contributed by atoms with van der Waals surface area (Å²) in [5.41, 5.74) is 0.858. The molecule has 0 aliphatic heterocycles. The number of hydrogen-bond acceptors (Lipinski definition) is 6. The molecule has 1 unspecified atom stereocenters. The van der Waals surface area contributed by atoms with Crippen LogP contribution in [0.5, 0.6) is 0 Å². The average molecular weight is 288 g/mol. The Balaban J connectivity index is 1.75. The Bertz CT molecular complexity index is 634. The highest BCUT2D eigenvalue weighted by atomic mass is 32.1. The molecule has 1 atom stereocenters. The van der Waals surface area contributed by atoms with Crippen LogP contribution < -0.4 is 5.32 Å². The number of pyridine rings is 1. The van der Waals surface area contributed by atoms with E-state index in [0.717, 1.165) is 15.8 Å². The van der Waals surface area contributed by atoms with E-state index in [1.54, 1.807) is 17.5 Å². The predicted octanol–water partition coefficient (Wildman–Crippen LogP) is 3.83. The SMILES string of the molecule is CC(Nc1nnc(-c2ccccn2)s1)c1cccs1. The van der Waals surface area contributed by atoms with Crippen LogP contribution in [0.1, 0.15) is 17.8 Å². The molecule has 0 saturated heterocycles. The molecule has 96 valence electrons. The maximum atomic E-state index is 4.27. The van der Waals surface area contributed by atoms with Crippen molar-refractivity contribution in [2.75, 3.05) is 5.32 Å². The van der Waals surface area contributed by atoms with E-state index in [1.165, 1.54) is 16.2 Å². The Morgan fingerprint density at radius 2 is 2.11 bits per heavy atom. The Labute approximate surface area is 119 Å². The monoisotopic (exact) mass is 288 g/mol. The predicted molar refractivity (Wildman–Crippen MR) is 79.5 cm³/mol. The normalized spacial score (nSPS) is 12.3. The van der Waals surface area contributed by atoms with Crippen LogP contribution in [0.2, 0.25) is 0 Å². The smallest absolute Gasteiger partial charge is 0.206 e. The number of nitrogens with zero attached hydrogens (tertiary/aromatic N) is 3. The minimum absolute atomic E-state index is 0.240. The van der Waals surface area contributed by atoms with Gasteiger partial charge in [-0.05, 0) is 30.5 Å². The van der Waals surface area contributed by atoms with Crippen molar-refractivity contribution in [2.24, 2.45) is 0 Å². The lowest BCUT2D eigenvalue weighted by Gasteiger charge is -2.09. The highest BCUT2D eigenvalue weighted by molar-refractivity contribution is 7.18. The maximum Gasteiger partial charge on any atom is 0.206 e. The van der Waals surface area contributed by atoms with Crippen LogP contribution in [-0.4, -0.2) is 15.2 Å². The van der Waals surface area contributed by atoms with Gasteiger partial charge in [-0.25, -0.2) is 0 Å². The molecule has 3 rings (SSSR count). The third kappa shape index (κ3) is 2.80. The molecule has 0 aromatic carbocycles. The van der Waals surface area contributed by atoms with Crippen LogP contribution in [0.3, 0.4) is 0 Å². The highest BCUT2D eigenvalue weighted by Gasteiger charge is 2.11. The van der Waals surface area contributed by atoms with Gasteiger partial charge in [-0.3, -0.25) is 4.98 Å². The van der Waals surface area contributed by atoms with Crippen molar-refractivity contribution in [2.45, 2.75) is 13.0 Å². The zero-order valence-corrected chi connectivity index (χ0v) is 11.9. The fourth-order valence-electron chi connectivity index (χ4n) is 1.67. The molecule has 0 spiro atoms. The standard InChI is InChI=1S/C13H12N4S2/c1-9(11-6-4-8-18-11)15-13-17-16-12(19-13)10-5-2-3-7-14-10/h2-9H,1H3,(H,15,17). The van der Waals surface area contributed by atoms with Gasteiger partial charge in [0.2, 0.25) is 5.13 Å². The van der Waals surface area contributed by atoms with E-state index >= 15 is 0 Å². The Morgan fingerprint density at radius 3 is 2.84 bits per heavy atom. The van der Waals surface area contributed by atoms with E-state index in [2.05, 4.69) is 44.9 Å². The van der Waals surface area contributed by atoms with Gasteiger partial charge in [-0.2, -0.15) is 0 Å². The van der Waals surface area contributed by atoms with Crippen LogP contribution in [0.25, 0.3) is 10.7 Å². The van der Waals surface area contributed by atoms with Gasteiger partial charge in [-0.1, -0.05) is 23.5 Å². The third-order valence-corrected chi connectivity index (χ3v) is 4.55. The number of thiophene rings is 1. The first kappa shape index (κ1) is 12.3. The molecule has 0 bridgehead atoms. The number of nitrogens with one attached hydrogen (secondary N) is 1. The van der Waals surface area contributed by atoms with Crippen molar-refractivity contribution in [3.05, 3.63) is 46.8 Å². The first-order valence-corrected chi connectivity index (χ1v) is 7.57. The van der Waals surface area contributed by atoms with Crippen molar-refractivity contribution in [3.8, 4) is 10.7 Å². The average Bonchev–Trinajstić information content (AvgIpc) is 3.11. The molecule has 1 N–H and O–H groups in total. The quantitative estimate of drug-likeness (QED) is 0.792. The molecule has 3 aromatic heterocycles. The molecule has 3 aromatic rings. The van der Waals surface area contributed by atoms with Gasteiger partial charge in [0, 0.05) is 11.1 Å². The summed E-state index contributed by atoms with van der Waals surface area (Å²) in [6.45, 7) is 2.12. The Kier molecular flexibility index (Phi) is 3.52. The van der Waals surface area contributed by atoms with Gasteiger partial charge in [-0.15, -0.1) is 21.5 Å². The summed E-state index contributed by atoms with van der Waals surface area (Å²) in [5, 5.41) is 15.4. The molecular formula is C13H12N4S2. The summed E-state index contributed by atoms with van der Waals surface area (Å²) in [4.78, 5) is 5.56. The van der Waals surface area contributed by atoms with Crippen LogP contribution in [0, 0.1) is 0 Å². The fourth-order valence-corrected chi connectivity index (χ4v) is 3.21. The third-order valence-electron chi connectivity index (χ3n) is 2.62. The van der Waals surface area contributed by atoms with Crippen molar-refractivity contribution < 1.29 is 0 Å². The van der Waals surface area contributed by atoms with E-state index in [-0.39, 0.29) is 6.04 Å². The Hall–Kier alpha value is -1.79. The van der Waals surface area contributed by atoms with Gasteiger partial charge in [0.1, 0.15) is 5.69 Å². The van der Waals surface area contributed by atoms with Crippen LogP contribution in [0.4, 0.5) is 5.13 Å². The lowest BCUT2D eigenvalue weighted by atomic mass is 10.3. The van der Waals surface area contributed by atoms with Crippen molar-refractivity contribution in [1.29, 1.82) is 0 Å². The molecule has 0 radical (unpaired) electrons. The number of rotatable bonds is 4. The summed E-state index contributed by atoms with van der Waals surface area (Å²) in [6.07, 6.45) is 1.76. The van der Waals surface area contributed by atoms with E-state index in [0.29, 0.717) is 0 Å². The molecule has 6 heteroatoms. The second-order valence-corrected chi connectivity index (χ2v) is 5.97. The van der Waals surface area contributed by atoms with Gasteiger partial charge >= 0.3 is 0 Å². The molecule has 0 fully saturated rings. The van der Waals surface area contributed by atoms with Gasteiger partial charge in [0.15, 0.2) is 5.01 Å². The first-order valence-electron chi connectivity index (χ1n) is 5.88. The summed E-state index contributed by atoms with van der Waals surface area (Å²) >= 11 is 3.26. The molecule has 0 amide bonds. The minimum atomic E-state index is 0.240. The second kappa shape index (κ2) is 5.46. The van der Waals surface area contributed by atoms with Crippen LogP contribution in [0.15, 0.2) is 41.9 Å². The fraction of sp³-hybridized carbons (Fsp3) is 0.154. The molecule has 19 heavy (non-hydrogen) atoms. The van der Waals surface area contributed by atoms with Crippen LogP contribution in [-0.2, 0) is 0 Å². The summed E-state index contributed by atoms with van der Waals surface area (Å²) in [5.74, 6) is 0. The number of aromatic nitrogens is 3. The lowest BCUT2D eigenvalue weighted by molar-refractivity contribution is 0.894. The zero-order valence-electron chi connectivity index (χ0n) is 10.3. The molecule has 3 heterocycles. The number of hydrogen-bond donors (Lipinski definition) is 1. The number of anilines is 1. The minimum Gasteiger partial charge on any atom is -0.353 e. The molecule has 4 nitrogen and oxygen atoms in total. The molecule has 0 aliphatic rings. The van der Waals surface area contributed by atoms with Gasteiger partial charge in [0.05, 0.1) is 6.04 Å². The largest absolute Gasteiger partial charge is 0.353 e. The summed E-state index contributed by atoms with van der Waals surface area (Å²) in [6, 6.07) is 10.2. The van der Waals surface area contributed by atoms with Crippen molar-refractivity contribution >= 4 is 27.8 Å². The van der Waals surface area contributed by atoms with E-state index in [1.807, 2.05) is 18.2 Å². The molecular weight excluding hydrogens is 276 g/mol. The maximum absolute atomic E-state index is 4.27. The summed E-state index contributed by atoms with van der Waals surface area (Å²) < 4.78 is 0. The first-order chi connectivity index (χ1) is 9.33. The second-order valence-electron chi connectivity index (χ2n) is 4.01. The van der Waals surface area contributed by atoms with Gasteiger partial charge < -0.3 is 5.32 Å². The van der Waals surface area contributed by atoms with Crippen molar-refractivity contribution in [3.63, 3.8) is 0 Å². The molecule has 0 aliphatic carbocycles. The lowest BCUT2D eigenvalue weighted by Crippen LogP contribution is -2.04. The van der Waals surface area contributed by atoms with E-state index in [9.17, 15) is 0 Å². The van der Waals surface area contributed by atoms with Crippen molar-refractivity contribution in [1.82, 2.24) is 15.2 Å². The van der Waals surface area contributed by atoms with Crippen LogP contribution >= 0.6 is 22.7 Å². The van der Waals surface area contributed by atoms with E-state index in [4.69, 9.17) is 0 Å². The summed E-state index contributed by atoms with van der Waals surface area (Å²) in [7, 11) is 0. The zero-order chi connectivity index (χ0) is 13.1. The topological polar surface area (TPSA) is 50.7 Å². The van der Waals surface area contributed by atoms with Gasteiger partial charge in [0.25, 0.3) is 0 Å². The van der Waals surface area contributed by atoms with E-state index < -0.39 is 0 Å². The Morgan fingerprint density at radius 1 is 1.16 bits per heavy atom. The molecule has 0 saturated carbocycles. The highest BCUT2D eigenvalue weighted by Crippen LogP contribution is 2.28.